The predicted octanol–water partition coefficient (Wildman–Crippen LogP) is 4.38. The number of halogens is 2. The first kappa shape index (κ1) is 21.6. The van der Waals surface area contributed by atoms with Gasteiger partial charge in [0.15, 0.2) is 11.5 Å². The molecule has 0 spiro atoms. The number of hydrogen-bond acceptors (Lipinski definition) is 5. The Kier molecular flexibility index (Phi) is 7.11. The molecular weight excluding hydrogens is 413 g/mol. The summed E-state index contributed by atoms with van der Waals surface area (Å²) in [6.45, 7) is 4.16. The van der Waals surface area contributed by atoms with Crippen LogP contribution in [0.2, 0.25) is 10.0 Å². The van der Waals surface area contributed by atoms with Crippen molar-refractivity contribution in [3.63, 3.8) is 0 Å². The second-order valence-electron chi connectivity index (χ2n) is 7.07. The Morgan fingerprint density at radius 3 is 2.34 bits per heavy atom. The van der Waals surface area contributed by atoms with Crippen molar-refractivity contribution in [3.8, 4) is 11.5 Å². The molecule has 156 valence electrons. The third-order valence-electron chi connectivity index (χ3n) is 4.85. The Balaban J connectivity index is 1.69. The molecule has 8 heteroatoms. The van der Waals surface area contributed by atoms with Crippen LogP contribution in [0.25, 0.3) is 0 Å². The number of nitrogens with zero attached hydrogens (tertiary/aromatic N) is 3. The minimum Gasteiger partial charge on any atom is -0.493 e. The number of benzene rings is 2. The molecule has 0 aromatic heterocycles. The molecule has 1 aliphatic heterocycles. The molecule has 1 aliphatic rings. The molecule has 0 unspecified atom stereocenters. The first-order chi connectivity index (χ1) is 13.9. The second-order valence-corrected chi connectivity index (χ2v) is 7.89. The van der Waals surface area contributed by atoms with Crippen molar-refractivity contribution < 1.29 is 14.3 Å². The van der Waals surface area contributed by atoms with E-state index >= 15 is 0 Å². The monoisotopic (exact) mass is 437 g/mol. The van der Waals surface area contributed by atoms with Gasteiger partial charge in [-0.2, -0.15) is 0 Å². The Labute approximate surface area is 181 Å². The van der Waals surface area contributed by atoms with Gasteiger partial charge < -0.3 is 19.3 Å². The third-order valence-corrected chi connectivity index (χ3v) is 5.53. The minimum absolute atomic E-state index is 0.361. The summed E-state index contributed by atoms with van der Waals surface area (Å²) >= 11 is 12.8. The van der Waals surface area contributed by atoms with Crippen molar-refractivity contribution in [1.82, 2.24) is 9.80 Å². The van der Waals surface area contributed by atoms with Crippen LogP contribution in [0.15, 0.2) is 36.4 Å². The van der Waals surface area contributed by atoms with Crippen LogP contribution < -0.4 is 14.4 Å². The molecule has 0 aliphatic carbocycles. The highest BCUT2D eigenvalue weighted by molar-refractivity contribution is 6.33. The predicted molar refractivity (Wildman–Crippen MR) is 117 cm³/mol. The Morgan fingerprint density at radius 1 is 1.03 bits per heavy atom. The van der Waals surface area contributed by atoms with Gasteiger partial charge in [-0.1, -0.05) is 35.3 Å². The summed E-state index contributed by atoms with van der Waals surface area (Å²) in [5.74, 6) is 0.790. The molecule has 1 heterocycles. The van der Waals surface area contributed by atoms with E-state index in [0.717, 1.165) is 42.5 Å². The highest BCUT2D eigenvalue weighted by atomic mass is 35.5. The molecule has 1 fully saturated rings. The van der Waals surface area contributed by atoms with E-state index in [9.17, 15) is 4.79 Å². The Morgan fingerprint density at radius 2 is 1.72 bits per heavy atom. The minimum atomic E-state index is -0.468. The summed E-state index contributed by atoms with van der Waals surface area (Å²) in [6, 6.07) is 11.4. The van der Waals surface area contributed by atoms with E-state index in [2.05, 4.69) is 9.80 Å². The first-order valence-corrected chi connectivity index (χ1v) is 10.1. The van der Waals surface area contributed by atoms with Crippen molar-refractivity contribution in [1.29, 1.82) is 0 Å². The number of piperazine rings is 1. The van der Waals surface area contributed by atoms with Gasteiger partial charge in [-0.05, 0) is 23.8 Å². The summed E-state index contributed by atoms with van der Waals surface area (Å²) in [5, 5.41) is 1.35. The van der Waals surface area contributed by atoms with Crippen LogP contribution in [0.1, 0.15) is 5.56 Å². The van der Waals surface area contributed by atoms with Gasteiger partial charge in [0.25, 0.3) is 0 Å². The van der Waals surface area contributed by atoms with E-state index in [0.29, 0.717) is 23.1 Å². The second kappa shape index (κ2) is 9.57. The zero-order chi connectivity index (χ0) is 21.0. The van der Waals surface area contributed by atoms with Crippen LogP contribution in [0.5, 0.6) is 11.5 Å². The van der Waals surface area contributed by atoms with Crippen molar-refractivity contribution in [3.05, 3.63) is 52.0 Å². The SMILES string of the molecule is COc1cc(Cl)c(CN2CCN(c3ccccc3Cl)CC2)cc1OC(=O)N(C)C. The first-order valence-electron chi connectivity index (χ1n) is 9.36. The largest absolute Gasteiger partial charge is 0.493 e. The maximum absolute atomic E-state index is 12.0. The lowest BCUT2D eigenvalue weighted by molar-refractivity contribution is 0.170. The maximum Gasteiger partial charge on any atom is 0.414 e. The topological polar surface area (TPSA) is 45.3 Å². The van der Waals surface area contributed by atoms with Gasteiger partial charge in [-0.15, -0.1) is 0 Å². The lowest BCUT2D eigenvalue weighted by Gasteiger charge is -2.36. The molecule has 0 bridgehead atoms. The van der Waals surface area contributed by atoms with Crippen LogP contribution in [-0.4, -0.2) is 63.3 Å². The average Bonchev–Trinajstić information content (AvgIpc) is 2.71. The number of hydrogen-bond donors (Lipinski definition) is 0. The molecule has 6 nitrogen and oxygen atoms in total. The number of ether oxygens (including phenoxy) is 2. The van der Waals surface area contributed by atoms with E-state index in [4.69, 9.17) is 32.7 Å². The summed E-state index contributed by atoms with van der Waals surface area (Å²) in [7, 11) is 4.78. The number of anilines is 1. The number of amides is 1. The Hall–Kier alpha value is -2.15. The normalized spacial score (nSPS) is 14.6. The quantitative estimate of drug-likeness (QED) is 0.693. The standard InChI is InChI=1S/C21H25Cl2N3O3/c1-24(2)21(27)29-20-12-15(17(23)13-19(20)28-3)14-25-8-10-26(11-9-25)18-7-5-4-6-16(18)22/h4-7,12-13H,8-11,14H2,1-3H3. The van der Waals surface area contributed by atoms with Crippen LogP contribution >= 0.6 is 23.2 Å². The fraction of sp³-hybridized carbons (Fsp3) is 0.381. The molecule has 0 N–H and O–H groups in total. The van der Waals surface area contributed by atoms with Crippen molar-refractivity contribution >= 4 is 35.0 Å². The summed E-state index contributed by atoms with van der Waals surface area (Å²) in [4.78, 5) is 17.9. The summed E-state index contributed by atoms with van der Waals surface area (Å²) < 4.78 is 10.7. The van der Waals surface area contributed by atoms with Crippen molar-refractivity contribution in [2.45, 2.75) is 6.54 Å². The van der Waals surface area contributed by atoms with E-state index in [1.807, 2.05) is 24.3 Å². The fourth-order valence-corrected chi connectivity index (χ4v) is 3.69. The molecule has 0 saturated carbocycles. The van der Waals surface area contributed by atoms with Gasteiger partial charge in [0.2, 0.25) is 0 Å². The number of para-hydroxylation sites is 1. The van der Waals surface area contributed by atoms with Gasteiger partial charge in [-0.25, -0.2) is 4.79 Å². The molecule has 29 heavy (non-hydrogen) atoms. The van der Waals surface area contributed by atoms with E-state index < -0.39 is 6.09 Å². The van der Waals surface area contributed by atoms with Crippen LogP contribution in [0.4, 0.5) is 10.5 Å². The molecule has 1 saturated heterocycles. The van der Waals surface area contributed by atoms with Crippen molar-refractivity contribution in [2.75, 3.05) is 52.3 Å². The number of rotatable bonds is 5. The lowest BCUT2D eigenvalue weighted by atomic mass is 10.1. The molecule has 2 aromatic carbocycles. The summed E-state index contributed by atoms with van der Waals surface area (Å²) in [6.07, 6.45) is -0.468. The highest BCUT2D eigenvalue weighted by Gasteiger charge is 2.21. The van der Waals surface area contributed by atoms with Gasteiger partial charge in [0, 0.05) is 57.9 Å². The maximum atomic E-state index is 12.0. The van der Waals surface area contributed by atoms with Gasteiger partial charge >= 0.3 is 6.09 Å². The number of carbonyl (C=O) groups is 1. The summed E-state index contributed by atoms with van der Waals surface area (Å²) in [5.41, 5.74) is 1.95. The highest BCUT2D eigenvalue weighted by Crippen LogP contribution is 2.34. The van der Waals surface area contributed by atoms with E-state index in [1.54, 1.807) is 26.2 Å². The molecule has 0 radical (unpaired) electrons. The van der Waals surface area contributed by atoms with Crippen LogP contribution in [-0.2, 0) is 6.54 Å². The molecular formula is C21H25Cl2N3O3. The Bertz CT molecular complexity index is 868. The fourth-order valence-electron chi connectivity index (χ4n) is 3.22. The van der Waals surface area contributed by atoms with Crippen LogP contribution in [0.3, 0.4) is 0 Å². The van der Waals surface area contributed by atoms with Crippen molar-refractivity contribution in [2.24, 2.45) is 0 Å². The number of carbonyl (C=O) groups excluding carboxylic acids is 1. The lowest BCUT2D eigenvalue weighted by Crippen LogP contribution is -2.46. The zero-order valence-corrected chi connectivity index (χ0v) is 18.3. The third kappa shape index (κ3) is 5.26. The molecule has 1 amide bonds. The van der Waals surface area contributed by atoms with E-state index in [1.165, 1.54) is 12.0 Å². The van der Waals surface area contributed by atoms with Gasteiger partial charge in [0.1, 0.15) is 0 Å². The van der Waals surface area contributed by atoms with Gasteiger partial charge in [0.05, 0.1) is 17.8 Å². The molecule has 3 rings (SSSR count). The molecule has 0 atom stereocenters. The van der Waals surface area contributed by atoms with E-state index in [-0.39, 0.29) is 0 Å². The smallest absolute Gasteiger partial charge is 0.414 e. The number of methoxy groups -OCH3 is 1. The zero-order valence-electron chi connectivity index (χ0n) is 16.8. The molecule has 2 aromatic rings. The van der Waals surface area contributed by atoms with Gasteiger partial charge in [-0.3, -0.25) is 4.90 Å². The van der Waals surface area contributed by atoms with Crippen LogP contribution in [0, 0.1) is 0 Å². The average molecular weight is 438 g/mol.